The van der Waals surface area contributed by atoms with Crippen molar-refractivity contribution in [2.45, 2.75) is 26.7 Å². The van der Waals surface area contributed by atoms with Crippen molar-refractivity contribution in [2.75, 3.05) is 6.54 Å². The quantitative estimate of drug-likeness (QED) is 0.293. The van der Waals surface area contributed by atoms with Crippen molar-refractivity contribution in [3.05, 3.63) is 35.9 Å². The number of rotatable bonds is 3. The van der Waals surface area contributed by atoms with E-state index in [0.717, 1.165) is 6.54 Å². The Morgan fingerprint density at radius 3 is 2.00 bits per heavy atom. The molecule has 0 fully saturated rings. The number of nitrogens with two attached hydrogens (primary N) is 1. The third-order valence-electron chi connectivity index (χ3n) is 1.62. The molecule has 0 aliphatic carbocycles. The molecule has 74 valence electrons. The maximum atomic E-state index is 4.96. The molecule has 0 radical (unpaired) electrons. The van der Waals surface area contributed by atoms with E-state index in [9.17, 15) is 0 Å². The first-order valence-corrected chi connectivity index (χ1v) is 4.76. The molecule has 0 heterocycles. The predicted molar refractivity (Wildman–Crippen MR) is 58.3 cm³/mol. The Labute approximate surface area is 110 Å². The molecular formula is C11H20N2Na+. The number of hydrogen-bond donors (Lipinski definition) is 2. The van der Waals surface area contributed by atoms with Gasteiger partial charge in [0.05, 0.1) is 0 Å². The molecule has 0 saturated carbocycles. The Balaban J connectivity index is 0. The van der Waals surface area contributed by atoms with Crippen molar-refractivity contribution in [1.82, 2.24) is 5.43 Å². The molecule has 0 amide bonds. The van der Waals surface area contributed by atoms with Gasteiger partial charge in [-0.2, -0.15) is 0 Å². The van der Waals surface area contributed by atoms with Crippen molar-refractivity contribution in [1.29, 1.82) is 0 Å². The zero-order valence-electron chi connectivity index (χ0n) is 9.59. The van der Waals surface area contributed by atoms with Gasteiger partial charge in [-0.25, -0.2) is 0 Å². The summed E-state index contributed by atoms with van der Waals surface area (Å²) in [6, 6.07) is 10.3. The van der Waals surface area contributed by atoms with Gasteiger partial charge in [-0.3, -0.25) is 11.3 Å². The molecule has 0 unspecified atom stereocenters. The van der Waals surface area contributed by atoms with Gasteiger partial charge in [0.2, 0.25) is 0 Å². The van der Waals surface area contributed by atoms with Gasteiger partial charge in [-0.1, -0.05) is 49.2 Å². The fraction of sp³-hybridized carbons (Fsp3) is 0.455. The molecule has 1 aromatic rings. The number of nitrogens with one attached hydrogen (secondary N) is 1. The Kier molecular flexibility index (Phi) is 15.5. The zero-order valence-corrected chi connectivity index (χ0v) is 11.6. The molecule has 0 aliphatic heterocycles. The van der Waals surface area contributed by atoms with Crippen molar-refractivity contribution in [2.24, 2.45) is 5.84 Å². The van der Waals surface area contributed by atoms with E-state index in [1.165, 1.54) is 18.4 Å². The Hall–Kier alpha value is 0.140. The van der Waals surface area contributed by atoms with Gasteiger partial charge in [0, 0.05) is 6.54 Å². The average Bonchev–Trinajstić information content (AvgIpc) is 2.17. The van der Waals surface area contributed by atoms with Crippen LogP contribution in [-0.2, 0) is 0 Å². The van der Waals surface area contributed by atoms with E-state index in [2.05, 4.69) is 31.4 Å². The smallest absolute Gasteiger partial charge is 0.271 e. The summed E-state index contributed by atoms with van der Waals surface area (Å²) in [5, 5.41) is 0. The summed E-state index contributed by atoms with van der Waals surface area (Å²) >= 11 is 0. The first kappa shape index (κ1) is 16.6. The van der Waals surface area contributed by atoms with Crippen LogP contribution in [0.4, 0.5) is 0 Å². The molecule has 3 heteroatoms. The molecule has 3 N–H and O–H groups in total. The van der Waals surface area contributed by atoms with E-state index in [0.29, 0.717) is 0 Å². The van der Waals surface area contributed by atoms with Crippen LogP contribution in [0, 0.1) is 6.92 Å². The summed E-state index contributed by atoms with van der Waals surface area (Å²) in [6.07, 6.45) is 2.39. The second-order valence-electron chi connectivity index (χ2n) is 2.96. The largest absolute Gasteiger partial charge is 1.00 e. The molecule has 14 heavy (non-hydrogen) atoms. The second-order valence-corrected chi connectivity index (χ2v) is 2.96. The van der Waals surface area contributed by atoms with Gasteiger partial charge < -0.3 is 0 Å². The molecule has 0 spiro atoms. The van der Waals surface area contributed by atoms with Crippen molar-refractivity contribution >= 4 is 0 Å². The molecule has 0 aromatic heterocycles. The summed E-state index contributed by atoms with van der Waals surface area (Å²) in [5.74, 6) is 4.96. The summed E-state index contributed by atoms with van der Waals surface area (Å²) < 4.78 is 0. The molecule has 1 rings (SSSR count). The topological polar surface area (TPSA) is 38.0 Å². The van der Waals surface area contributed by atoms with E-state index in [4.69, 9.17) is 5.84 Å². The van der Waals surface area contributed by atoms with Gasteiger partial charge in [0.1, 0.15) is 0 Å². The van der Waals surface area contributed by atoms with Crippen molar-refractivity contribution in [3.63, 3.8) is 0 Å². The van der Waals surface area contributed by atoms with Gasteiger partial charge in [0.15, 0.2) is 0 Å². The van der Waals surface area contributed by atoms with Gasteiger partial charge in [0.25, 0.3) is 0 Å². The van der Waals surface area contributed by atoms with Crippen LogP contribution in [-0.4, -0.2) is 6.54 Å². The summed E-state index contributed by atoms with van der Waals surface area (Å²) in [7, 11) is 0. The van der Waals surface area contributed by atoms with Crippen LogP contribution in [0.3, 0.4) is 0 Å². The van der Waals surface area contributed by atoms with Crippen molar-refractivity contribution < 1.29 is 29.6 Å². The van der Waals surface area contributed by atoms with Crippen LogP contribution in [0.5, 0.6) is 0 Å². The number of unbranched alkanes of at least 4 members (excludes halogenated alkanes) is 1. The third kappa shape index (κ3) is 12.1. The summed E-state index contributed by atoms with van der Waals surface area (Å²) in [4.78, 5) is 0. The van der Waals surface area contributed by atoms with E-state index in [1.54, 1.807) is 0 Å². The van der Waals surface area contributed by atoms with Crippen molar-refractivity contribution in [3.8, 4) is 0 Å². The van der Waals surface area contributed by atoms with Gasteiger partial charge in [-0.15, -0.1) is 0 Å². The fourth-order valence-corrected chi connectivity index (χ4v) is 0.813. The summed E-state index contributed by atoms with van der Waals surface area (Å²) in [6.45, 7) is 5.16. The Morgan fingerprint density at radius 1 is 1.21 bits per heavy atom. The summed E-state index contributed by atoms with van der Waals surface area (Å²) in [5.41, 5.74) is 3.89. The van der Waals surface area contributed by atoms with Crippen LogP contribution in [0.2, 0.25) is 0 Å². The molecule has 0 atom stereocenters. The molecule has 0 aliphatic rings. The Morgan fingerprint density at radius 2 is 1.79 bits per heavy atom. The zero-order chi connectivity index (χ0) is 9.94. The third-order valence-corrected chi connectivity index (χ3v) is 1.62. The standard InChI is InChI=1S/C7H8.C4H12N2.Na/c1-7-5-3-2-4-6-7;1-2-3-4-6-5;/h2-6H,1H3;6H,2-5H2,1H3;/q;;+1. The first-order chi connectivity index (χ1) is 6.31. The van der Waals surface area contributed by atoms with Gasteiger partial charge >= 0.3 is 29.6 Å². The maximum Gasteiger partial charge on any atom is 1.00 e. The maximum absolute atomic E-state index is 4.96. The number of hydrazine groups is 1. The first-order valence-electron chi connectivity index (χ1n) is 4.76. The average molecular weight is 203 g/mol. The molecule has 0 bridgehead atoms. The molecular weight excluding hydrogens is 183 g/mol. The van der Waals surface area contributed by atoms with Gasteiger partial charge in [-0.05, 0) is 13.3 Å². The van der Waals surface area contributed by atoms with E-state index in [1.807, 2.05) is 18.2 Å². The molecule has 1 aromatic carbocycles. The van der Waals surface area contributed by atoms with E-state index in [-0.39, 0.29) is 29.6 Å². The molecule has 0 saturated heterocycles. The van der Waals surface area contributed by atoms with Crippen LogP contribution in [0.15, 0.2) is 30.3 Å². The van der Waals surface area contributed by atoms with Crippen LogP contribution in [0.25, 0.3) is 0 Å². The molecule has 2 nitrogen and oxygen atoms in total. The number of hydrogen-bond acceptors (Lipinski definition) is 2. The van der Waals surface area contributed by atoms with E-state index < -0.39 is 0 Å². The van der Waals surface area contributed by atoms with Crippen LogP contribution < -0.4 is 40.8 Å². The van der Waals surface area contributed by atoms with Crippen LogP contribution >= 0.6 is 0 Å². The van der Waals surface area contributed by atoms with Crippen LogP contribution in [0.1, 0.15) is 25.3 Å². The SMILES string of the molecule is CCCCNN.Cc1ccccc1.[Na+]. The minimum Gasteiger partial charge on any atom is -0.271 e. The number of benzene rings is 1. The minimum absolute atomic E-state index is 0. The Bertz CT molecular complexity index is 186. The minimum atomic E-state index is 0. The fourth-order valence-electron chi connectivity index (χ4n) is 0.813. The van der Waals surface area contributed by atoms with E-state index >= 15 is 0 Å². The number of aryl methyl sites for hydroxylation is 1. The second kappa shape index (κ2) is 13.1. The normalized spacial score (nSPS) is 8.21. The predicted octanol–water partition coefficient (Wildman–Crippen LogP) is -0.751. The monoisotopic (exact) mass is 203 g/mol.